The first-order valence-electron chi connectivity index (χ1n) is 33.7. The third kappa shape index (κ3) is 11.7. The zero-order chi connectivity index (χ0) is 65.1. The normalized spacial score (nSPS) is 12.3. The van der Waals surface area contributed by atoms with Gasteiger partial charge in [0.1, 0.15) is 0 Å². The molecule has 16 rings (SSSR count). The van der Waals surface area contributed by atoms with Crippen LogP contribution in [0.3, 0.4) is 0 Å². The number of fused-ring (bicyclic) bond motifs is 3. The Balaban J connectivity index is 1.05. The molecule has 0 radical (unpaired) electrons. The van der Waals surface area contributed by atoms with Crippen LogP contribution in [0.1, 0.15) is 41.7 Å². The van der Waals surface area contributed by atoms with E-state index in [1.54, 1.807) is 0 Å². The van der Waals surface area contributed by atoms with Crippen LogP contribution < -0.4 is 0 Å². The van der Waals surface area contributed by atoms with Gasteiger partial charge in [-0.25, -0.2) is 0 Å². The molecule has 0 saturated carbocycles. The molecule has 15 aromatic carbocycles. The minimum atomic E-state index is -0.889. The summed E-state index contributed by atoms with van der Waals surface area (Å²) in [7, 11) is 0. The fourth-order valence-corrected chi connectivity index (χ4v) is 14.8. The molecule has 0 bridgehead atoms. The molecule has 0 N–H and O–H groups in total. The Morgan fingerprint density at radius 2 is 0.402 bits per heavy atom. The Labute approximate surface area is 570 Å². The van der Waals surface area contributed by atoms with Crippen LogP contribution in [0.2, 0.25) is 0 Å². The van der Waals surface area contributed by atoms with E-state index in [0.717, 1.165) is 89.0 Å². The fourth-order valence-electron chi connectivity index (χ4n) is 14.8. The van der Waals surface area contributed by atoms with Gasteiger partial charge in [-0.15, -0.1) is 0 Å². The summed E-state index contributed by atoms with van der Waals surface area (Å²) in [6, 6.07) is 138. The number of rotatable bonds is 15. The fraction of sp³-hybridized carbons (Fsp3) is 0.0309. The van der Waals surface area contributed by atoms with Crippen molar-refractivity contribution >= 4 is 5.57 Å². The average molecular weight is 1240 g/mol. The van der Waals surface area contributed by atoms with Crippen LogP contribution in [-0.4, -0.2) is 0 Å². The van der Waals surface area contributed by atoms with Crippen molar-refractivity contribution in [3.63, 3.8) is 0 Å². The third-order valence-corrected chi connectivity index (χ3v) is 19.5. The van der Waals surface area contributed by atoms with Crippen molar-refractivity contribution in [2.24, 2.45) is 0 Å². The molecular weight excluding hydrogens is 1170 g/mol. The smallest absolute Gasteiger partial charge is 0.0714 e. The lowest BCUT2D eigenvalue weighted by Crippen LogP contribution is -2.29. The minimum absolute atomic E-state index is 0.889. The van der Waals surface area contributed by atoms with Gasteiger partial charge in [0.15, 0.2) is 0 Å². The van der Waals surface area contributed by atoms with Crippen molar-refractivity contribution in [3.8, 4) is 134 Å². The third-order valence-electron chi connectivity index (χ3n) is 19.5. The number of allylic oxidation sites excluding steroid dienone is 4. The molecule has 0 heterocycles. The number of hydrogen-bond acceptors (Lipinski definition) is 0. The predicted octanol–water partition coefficient (Wildman–Crippen LogP) is 26.4. The second-order valence-electron chi connectivity index (χ2n) is 25.4. The van der Waals surface area contributed by atoms with E-state index in [-0.39, 0.29) is 0 Å². The number of benzene rings is 15. The van der Waals surface area contributed by atoms with E-state index >= 15 is 0 Å². The van der Waals surface area contributed by atoms with Crippen LogP contribution in [0.4, 0.5) is 0 Å². The van der Waals surface area contributed by atoms with E-state index < -0.39 is 5.41 Å². The quantitative estimate of drug-likeness (QED) is 0.0898. The van der Waals surface area contributed by atoms with Crippen LogP contribution in [-0.2, 0) is 5.41 Å². The molecule has 1 aliphatic carbocycles. The van der Waals surface area contributed by atoms with Crippen LogP contribution in [0, 0.1) is 0 Å². The largest absolute Gasteiger partial charge is 0.0871 e. The summed E-state index contributed by atoms with van der Waals surface area (Å²) in [4.78, 5) is 0. The molecule has 1 aliphatic rings. The van der Waals surface area contributed by atoms with Gasteiger partial charge in [-0.3, -0.25) is 0 Å². The summed E-state index contributed by atoms with van der Waals surface area (Å²) < 4.78 is 0. The van der Waals surface area contributed by atoms with Gasteiger partial charge >= 0.3 is 0 Å². The predicted molar refractivity (Wildman–Crippen MR) is 412 cm³/mol. The van der Waals surface area contributed by atoms with Gasteiger partial charge in [0.25, 0.3) is 0 Å². The van der Waals surface area contributed by atoms with Crippen molar-refractivity contribution < 1.29 is 0 Å². The molecule has 0 amide bonds. The van der Waals surface area contributed by atoms with Crippen LogP contribution in [0.25, 0.3) is 139 Å². The maximum absolute atomic E-state index is 2.54. The van der Waals surface area contributed by atoms with E-state index in [0.29, 0.717) is 0 Å². The second-order valence-corrected chi connectivity index (χ2v) is 25.4. The zero-order valence-corrected chi connectivity index (χ0v) is 54.5. The molecular formula is C97H70. The van der Waals surface area contributed by atoms with Crippen molar-refractivity contribution in [2.75, 3.05) is 0 Å². The van der Waals surface area contributed by atoms with Crippen LogP contribution in [0.5, 0.6) is 0 Å². The highest BCUT2D eigenvalue weighted by molar-refractivity contribution is 5.94. The first-order valence-corrected chi connectivity index (χ1v) is 33.7. The van der Waals surface area contributed by atoms with Gasteiger partial charge in [-0.2, -0.15) is 0 Å². The van der Waals surface area contributed by atoms with Crippen molar-refractivity contribution in [2.45, 2.75) is 19.3 Å². The molecule has 0 unspecified atom stereocenters. The highest BCUT2D eigenvalue weighted by atomic mass is 14.5. The Morgan fingerprint density at radius 1 is 0.206 bits per heavy atom. The molecule has 0 spiro atoms. The molecule has 0 aromatic heterocycles. The molecule has 15 aromatic rings. The molecule has 458 valence electrons. The van der Waals surface area contributed by atoms with E-state index in [1.807, 2.05) is 0 Å². The summed E-state index contributed by atoms with van der Waals surface area (Å²) in [5.74, 6) is 0. The van der Waals surface area contributed by atoms with Gasteiger partial charge < -0.3 is 0 Å². The highest BCUT2D eigenvalue weighted by Crippen LogP contribution is 2.58. The Hall–Kier alpha value is -12.2. The lowest BCUT2D eigenvalue weighted by Gasteiger charge is -2.35. The van der Waals surface area contributed by atoms with Gasteiger partial charge in [0.05, 0.1) is 5.41 Å². The first kappa shape index (κ1) is 59.8. The Morgan fingerprint density at radius 3 is 0.639 bits per heavy atom. The van der Waals surface area contributed by atoms with Crippen molar-refractivity contribution in [3.05, 3.63) is 416 Å². The zero-order valence-electron chi connectivity index (χ0n) is 54.5. The first-order chi connectivity index (χ1) is 47.9. The molecule has 97 heavy (non-hydrogen) atoms. The standard InChI is InChI=1S/C97H70/c1-3-30-67(4-2)75-49-76(68-31-12-5-13-32-68)54-83(50-75)87-61-88(84-55-77(69-33-14-6-15-34-69)51-78(56-84)70-35-16-7-17-36-70)64-91(63-87)97(95-47-28-26-45-93(95)94-46-27-29-48-96(94)97)92-65-89(85-57-79(71-37-18-8-19-38-71)52-80(58-85)72-39-20-9-21-40-72)62-90(66-92)86-59-81(73-41-22-10-23-42-73)53-82(60-86)74-43-24-11-25-44-74/h3-66H,1-2H3/b30-3-,67-4+. The molecule has 0 saturated heterocycles. The summed E-state index contributed by atoms with van der Waals surface area (Å²) in [5, 5.41) is 0. The van der Waals surface area contributed by atoms with Gasteiger partial charge in [-0.05, 0) is 290 Å². The van der Waals surface area contributed by atoms with Crippen molar-refractivity contribution in [1.82, 2.24) is 0 Å². The minimum Gasteiger partial charge on any atom is -0.0871 e. The van der Waals surface area contributed by atoms with Crippen LogP contribution in [0.15, 0.2) is 388 Å². The summed E-state index contributed by atoms with van der Waals surface area (Å²) in [6.45, 7) is 4.25. The lowest BCUT2D eigenvalue weighted by atomic mass is 9.66. The Kier molecular flexibility index (Phi) is 16.2. The van der Waals surface area contributed by atoms with Crippen molar-refractivity contribution in [1.29, 1.82) is 0 Å². The van der Waals surface area contributed by atoms with Gasteiger partial charge in [0, 0.05) is 0 Å². The lowest BCUT2D eigenvalue weighted by molar-refractivity contribution is 0.770. The van der Waals surface area contributed by atoms with Gasteiger partial charge in [-0.1, -0.05) is 279 Å². The topological polar surface area (TPSA) is 0 Å². The van der Waals surface area contributed by atoms with E-state index in [9.17, 15) is 0 Å². The van der Waals surface area contributed by atoms with Crippen LogP contribution >= 0.6 is 0 Å². The monoisotopic (exact) mass is 1230 g/mol. The summed E-state index contributed by atoms with van der Waals surface area (Å²) in [6.07, 6.45) is 6.62. The van der Waals surface area contributed by atoms with E-state index in [1.165, 1.54) is 77.9 Å². The average Bonchev–Trinajstić information content (AvgIpc) is 1.56. The maximum Gasteiger partial charge on any atom is 0.0714 e. The SMILES string of the molecule is C/C=C\C(=C/C)c1cc(-c2ccccc2)cc(-c2cc(-c3cc(-c4ccccc4)cc(-c4ccccc4)c3)cc(C3(c4cc(-c5cc(-c6ccccc6)cc(-c6ccccc6)c5)cc(-c5cc(-c6ccccc6)cc(-c6ccccc6)c5)c4)c4ccccc4-c4ccccc43)c2)c1. The summed E-state index contributed by atoms with van der Waals surface area (Å²) >= 11 is 0. The molecule has 0 nitrogen and oxygen atoms in total. The molecule has 0 atom stereocenters. The highest BCUT2D eigenvalue weighted by Gasteiger charge is 2.47. The molecule has 0 fully saturated rings. The van der Waals surface area contributed by atoms with E-state index in [4.69, 9.17) is 0 Å². The van der Waals surface area contributed by atoms with Gasteiger partial charge in [0.2, 0.25) is 0 Å². The maximum atomic E-state index is 2.54. The van der Waals surface area contributed by atoms with E-state index in [2.05, 4.69) is 402 Å². The summed E-state index contributed by atoms with van der Waals surface area (Å²) in [5.41, 5.74) is 34.0. The second kappa shape index (κ2) is 26.3. The molecule has 0 heteroatoms. The number of hydrogen-bond donors (Lipinski definition) is 0. The molecule has 0 aliphatic heterocycles. The Bertz CT molecular complexity index is 5050.